The lowest BCUT2D eigenvalue weighted by Gasteiger charge is -2.27. The molecule has 204 valence electrons. The molecule has 0 fully saturated rings. The number of aliphatic hydroxyl groups excluding tert-OH is 1. The number of halogens is 1. The van der Waals surface area contributed by atoms with Crippen LogP contribution in [0.25, 0.3) is 11.6 Å². The van der Waals surface area contributed by atoms with Crippen molar-refractivity contribution in [2.75, 3.05) is 6.54 Å². The second kappa shape index (κ2) is 13.5. The highest BCUT2D eigenvalue weighted by molar-refractivity contribution is 6.31. The Hall–Kier alpha value is -3.61. The molecule has 0 saturated heterocycles. The highest BCUT2D eigenvalue weighted by Gasteiger charge is 2.29. The summed E-state index contributed by atoms with van der Waals surface area (Å²) >= 11 is 6.25. The summed E-state index contributed by atoms with van der Waals surface area (Å²) in [5.74, 6) is 0.239. The predicted octanol–water partition coefficient (Wildman–Crippen LogP) is 6.02. The number of carbonyl (C=O) groups excluding carboxylic acids is 2. The molecule has 0 saturated carbocycles. The summed E-state index contributed by atoms with van der Waals surface area (Å²) in [6.45, 7) is 4.48. The summed E-state index contributed by atoms with van der Waals surface area (Å²) < 4.78 is 6.12. The lowest BCUT2D eigenvalue weighted by atomic mass is 9.93. The van der Waals surface area contributed by atoms with E-state index in [9.17, 15) is 14.7 Å². The van der Waals surface area contributed by atoms with E-state index in [1.165, 1.54) is 0 Å². The lowest BCUT2D eigenvalue weighted by Crippen LogP contribution is -2.46. The zero-order valence-corrected chi connectivity index (χ0v) is 23.1. The number of fused-ring (bicyclic) bond motifs is 2. The maximum atomic E-state index is 13.8. The van der Waals surface area contributed by atoms with Gasteiger partial charge < -0.3 is 20.5 Å². The first kappa shape index (κ1) is 28.4. The van der Waals surface area contributed by atoms with E-state index in [2.05, 4.69) is 17.6 Å². The van der Waals surface area contributed by atoms with Gasteiger partial charge in [0.15, 0.2) is 0 Å². The van der Waals surface area contributed by atoms with Crippen LogP contribution in [0.15, 0.2) is 72.8 Å². The van der Waals surface area contributed by atoms with E-state index in [-0.39, 0.29) is 18.2 Å². The van der Waals surface area contributed by atoms with Gasteiger partial charge in [-0.3, -0.25) is 9.59 Å². The molecule has 3 N–H and O–H groups in total. The van der Waals surface area contributed by atoms with Crippen molar-refractivity contribution in [3.05, 3.63) is 94.5 Å². The van der Waals surface area contributed by atoms with Crippen molar-refractivity contribution < 1.29 is 19.4 Å². The first-order valence-corrected chi connectivity index (χ1v) is 13.8. The highest BCUT2D eigenvalue weighted by atomic mass is 35.5. The van der Waals surface area contributed by atoms with Crippen LogP contribution in [0.3, 0.4) is 0 Å². The molecule has 1 heterocycles. The Kier molecular flexibility index (Phi) is 9.79. The number of benzene rings is 3. The van der Waals surface area contributed by atoms with Crippen molar-refractivity contribution in [1.29, 1.82) is 0 Å². The van der Waals surface area contributed by atoms with E-state index in [0.29, 0.717) is 40.6 Å². The fraction of sp³-hybridized carbons (Fsp3) is 0.312. The average molecular weight is 547 g/mol. The maximum absolute atomic E-state index is 13.8. The number of carbonyl (C=O) groups is 2. The third-order valence-electron chi connectivity index (χ3n) is 6.87. The monoisotopic (exact) mass is 546 g/mol. The Bertz CT molecular complexity index is 1320. The van der Waals surface area contributed by atoms with Crippen LogP contribution in [-0.4, -0.2) is 35.6 Å². The Morgan fingerprint density at radius 3 is 2.51 bits per heavy atom. The van der Waals surface area contributed by atoms with Crippen molar-refractivity contribution in [3.63, 3.8) is 0 Å². The number of hydrogen-bond acceptors (Lipinski definition) is 4. The molecule has 0 radical (unpaired) electrons. The van der Waals surface area contributed by atoms with Crippen molar-refractivity contribution in [2.45, 2.75) is 51.7 Å². The van der Waals surface area contributed by atoms with Gasteiger partial charge in [0.2, 0.25) is 5.91 Å². The fourth-order valence-corrected chi connectivity index (χ4v) is 4.79. The number of para-hydroxylation sites is 1. The smallest absolute Gasteiger partial charge is 0.252 e. The molecule has 3 atom stereocenters. The van der Waals surface area contributed by atoms with Crippen molar-refractivity contribution in [1.82, 2.24) is 10.6 Å². The van der Waals surface area contributed by atoms with Crippen molar-refractivity contribution in [3.8, 4) is 11.5 Å². The minimum absolute atomic E-state index is 0.0988. The van der Waals surface area contributed by atoms with E-state index in [4.69, 9.17) is 16.3 Å². The molecule has 3 aromatic carbocycles. The first-order valence-electron chi connectivity index (χ1n) is 13.4. The molecule has 39 heavy (non-hydrogen) atoms. The molecule has 0 bridgehead atoms. The van der Waals surface area contributed by atoms with Crippen molar-refractivity contribution in [2.24, 2.45) is 5.92 Å². The molecule has 1 aliphatic rings. The van der Waals surface area contributed by atoms with Gasteiger partial charge in [-0.2, -0.15) is 0 Å². The molecule has 6 nitrogen and oxygen atoms in total. The molecule has 0 aromatic heterocycles. The minimum Gasteiger partial charge on any atom is -0.456 e. The number of unbranched alkanes of at least 4 members (excludes halogenated alkanes) is 1. The molecule has 3 unspecified atom stereocenters. The molecular formula is C32H35ClN2O4. The molecule has 4 rings (SSSR count). The number of ether oxygens (including phenoxy) is 1. The Balaban J connectivity index is 1.60. The number of nitrogens with one attached hydrogen (secondary N) is 2. The molecular weight excluding hydrogens is 512 g/mol. The number of aliphatic hydroxyl groups is 1. The number of rotatable bonds is 11. The summed E-state index contributed by atoms with van der Waals surface area (Å²) in [6.07, 6.45) is 3.37. The van der Waals surface area contributed by atoms with E-state index >= 15 is 0 Å². The molecule has 0 aliphatic carbocycles. The van der Waals surface area contributed by atoms with Crippen LogP contribution in [0.4, 0.5) is 0 Å². The van der Waals surface area contributed by atoms with Gasteiger partial charge in [-0.15, -0.1) is 0 Å². The van der Waals surface area contributed by atoms with E-state index in [1.807, 2.05) is 54.6 Å². The van der Waals surface area contributed by atoms with Gasteiger partial charge >= 0.3 is 0 Å². The first-order chi connectivity index (χ1) is 18.9. The second-order valence-electron chi connectivity index (χ2n) is 9.96. The Morgan fingerprint density at radius 2 is 1.74 bits per heavy atom. The van der Waals surface area contributed by atoms with Gasteiger partial charge in [-0.1, -0.05) is 80.4 Å². The summed E-state index contributed by atoms with van der Waals surface area (Å²) in [5, 5.41) is 17.8. The third-order valence-corrected chi connectivity index (χ3v) is 7.10. The van der Waals surface area contributed by atoms with Crippen molar-refractivity contribution >= 4 is 35.1 Å². The largest absolute Gasteiger partial charge is 0.456 e. The van der Waals surface area contributed by atoms with Gasteiger partial charge in [0.05, 0.1) is 17.7 Å². The summed E-state index contributed by atoms with van der Waals surface area (Å²) in [5.41, 5.74) is 2.73. The van der Waals surface area contributed by atoms with Crippen LogP contribution in [0.2, 0.25) is 5.02 Å². The summed E-state index contributed by atoms with van der Waals surface area (Å²) in [6, 6.07) is 21.7. The van der Waals surface area contributed by atoms with Crippen LogP contribution in [0.1, 0.15) is 49.8 Å². The van der Waals surface area contributed by atoms with Gasteiger partial charge in [0, 0.05) is 34.7 Å². The van der Waals surface area contributed by atoms with Crippen LogP contribution in [-0.2, 0) is 16.0 Å². The van der Waals surface area contributed by atoms with Gasteiger partial charge in [0.25, 0.3) is 5.91 Å². The van der Waals surface area contributed by atoms with Crippen LogP contribution in [0, 0.1) is 5.92 Å². The van der Waals surface area contributed by atoms with Gasteiger partial charge in [-0.05, 0) is 49.1 Å². The standard InChI is InChI=1S/C32H35ClN2O4/c1-3-4-16-34-31(37)21(2)17-28(36)27(18-22-10-6-5-7-11-22)35-32(38)26-19-23-12-8-9-13-29(23)39-30-20-24(33)14-15-25(26)30/h5-15,19-21,27-28,36H,3-4,16-18H2,1-2H3,(H,34,37)(H,35,38). The zero-order valence-electron chi connectivity index (χ0n) is 22.3. The SMILES string of the molecule is CCCCNC(=O)C(C)CC(O)C(Cc1ccccc1)NC(=O)C1=Cc2ccccc2Oc2cc(Cl)ccc21. The maximum Gasteiger partial charge on any atom is 0.252 e. The van der Waals surface area contributed by atoms with Crippen LogP contribution < -0.4 is 15.4 Å². The molecule has 3 aromatic rings. The average Bonchev–Trinajstić information content (AvgIpc) is 3.09. The van der Waals surface area contributed by atoms with E-state index in [0.717, 1.165) is 24.0 Å². The molecule has 2 amide bonds. The zero-order chi connectivity index (χ0) is 27.8. The van der Waals surface area contributed by atoms with E-state index in [1.54, 1.807) is 31.2 Å². The lowest BCUT2D eigenvalue weighted by molar-refractivity contribution is -0.125. The quantitative estimate of drug-likeness (QED) is 0.257. The number of amides is 2. The van der Waals surface area contributed by atoms with Crippen LogP contribution in [0.5, 0.6) is 11.5 Å². The Labute approximate surface area is 235 Å². The van der Waals surface area contributed by atoms with Gasteiger partial charge in [-0.25, -0.2) is 0 Å². The normalized spacial score (nSPS) is 14.4. The Morgan fingerprint density at radius 1 is 1.00 bits per heavy atom. The minimum atomic E-state index is -0.944. The third kappa shape index (κ3) is 7.49. The fourth-order valence-electron chi connectivity index (χ4n) is 4.63. The summed E-state index contributed by atoms with van der Waals surface area (Å²) in [7, 11) is 0. The van der Waals surface area contributed by atoms with Gasteiger partial charge in [0.1, 0.15) is 11.5 Å². The van der Waals surface area contributed by atoms with Crippen LogP contribution >= 0.6 is 11.6 Å². The number of hydrogen-bond donors (Lipinski definition) is 3. The molecule has 1 aliphatic heterocycles. The second-order valence-corrected chi connectivity index (χ2v) is 10.4. The highest BCUT2D eigenvalue weighted by Crippen LogP contribution is 2.39. The van der Waals surface area contributed by atoms with E-state index < -0.39 is 18.1 Å². The predicted molar refractivity (Wildman–Crippen MR) is 156 cm³/mol. The topological polar surface area (TPSA) is 87.7 Å². The summed E-state index contributed by atoms with van der Waals surface area (Å²) in [4.78, 5) is 26.4. The molecule has 7 heteroatoms. The molecule has 0 spiro atoms.